The van der Waals surface area contributed by atoms with Crippen molar-refractivity contribution in [2.45, 2.75) is 31.5 Å². The van der Waals surface area contributed by atoms with Crippen molar-refractivity contribution in [2.75, 3.05) is 6.54 Å². The molecule has 2 atom stereocenters. The van der Waals surface area contributed by atoms with E-state index in [1.165, 1.54) is 0 Å². The van der Waals surface area contributed by atoms with Crippen LogP contribution < -0.4 is 0 Å². The minimum Gasteiger partial charge on any atom is -0.480 e. The molecule has 0 radical (unpaired) electrons. The fourth-order valence-corrected chi connectivity index (χ4v) is 2.31. The van der Waals surface area contributed by atoms with Gasteiger partial charge in [0.25, 0.3) is 0 Å². The van der Waals surface area contributed by atoms with Gasteiger partial charge in [-0.15, -0.1) is 13.2 Å². The van der Waals surface area contributed by atoms with Gasteiger partial charge in [0.15, 0.2) is 0 Å². The first kappa shape index (κ1) is 17.1. The molecule has 0 saturated carbocycles. The number of benzene rings is 1. The lowest BCUT2D eigenvalue weighted by Crippen LogP contribution is -2.41. The summed E-state index contributed by atoms with van der Waals surface area (Å²) in [6.07, 6.45) is -7.76. The van der Waals surface area contributed by atoms with Crippen molar-refractivity contribution < 1.29 is 37.3 Å². The number of hydrogen-bond donors (Lipinski definition) is 1. The van der Waals surface area contributed by atoms with Gasteiger partial charge in [0.1, 0.15) is 12.6 Å². The number of alkyl halides is 3. The highest BCUT2D eigenvalue weighted by Gasteiger charge is 2.45. The standard InChI is InChI=1S/C14H14F3NO5/c15-14(16,17)23-10-6-11(12(19)20)18(7-10)13(21)22-8-9-4-2-1-3-5-9/h1-5,10-11H,6-8H2,(H,19,20)/t10-,11+/m1/s1. The van der Waals surface area contributed by atoms with Crippen LogP contribution in [0.2, 0.25) is 0 Å². The predicted octanol–water partition coefficient (Wildman–Crippen LogP) is 2.39. The first-order chi connectivity index (χ1) is 10.8. The molecule has 0 spiro atoms. The lowest BCUT2D eigenvalue weighted by atomic mass is 10.2. The van der Waals surface area contributed by atoms with Crippen molar-refractivity contribution in [1.29, 1.82) is 0 Å². The maximum absolute atomic E-state index is 12.2. The van der Waals surface area contributed by atoms with Crippen LogP contribution in [0.25, 0.3) is 0 Å². The van der Waals surface area contributed by atoms with Crippen molar-refractivity contribution in [1.82, 2.24) is 4.90 Å². The Morgan fingerprint density at radius 3 is 2.48 bits per heavy atom. The zero-order valence-corrected chi connectivity index (χ0v) is 11.8. The molecule has 1 amide bonds. The van der Waals surface area contributed by atoms with Gasteiger partial charge in [0, 0.05) is 6.42 Å². The van der Waals surface area contributed by atoms with Gasteiger partial charge in [0.05, 0.1) is 12.6 Å². The van der Waals surface area contributed by atoms with E-state index in [-0.39, 0.29) is 6.61 Å². The number of nitrogens with zero attached hydrogens (tertiary/aromatic N) is 1. The molecule has 0 aliphatic carbocycles. The molecule has 6 nitrogen and oxygen atoms in total. The predicted molar refractivity (Wildman–Crippen MR) is 70.3 cm³/mol. The number of likely N-dealkylation sites (tertiary alicyclic amines) is 1. The SMILES string of the molecule is O=C(O)[C@@H]1C[C@@H](OC(F)(F)F)CN1C(=O)OCc1ccccc1. The average molecular weight is 333 g/mol. The quantitative estimate of drug-likeness (QED) is 0.915. The van der Waals surface area contributed by atoms with Crippen molar-refractivity contribution in [3.8, 4) is 0 Å². The van der Waals surface area contributed by atoms with E-state index in [9.17, 15) is 22.8 Å². The van der Waals surface area contributed by atoms with Crippen molar-refractivity contribution >= 4 is 12.1 Å². The van der Waals surface area contributed by atoms with Crippen LogP contribution in [-0.4, -0.2) is 47.1 Å². The highest BCUT2D eigenvalue weighted by Crippen LogP contribution is 2.28. The zero-order chi connectivity index (χ0) is 17.0. The summed E-state index contributed by atoms with van der Waals surface area (Å²) in [7, 11) is 0. The molecule has 1 aromatic rings. The Morgan fingerprint density at radius 1 is 1.26 bits per heavy atom. The van der Waals surface area contributed by atoms with E-state index in [1.807, 2.05) is 0 Å². The Morgan fingerprint density at radius 2 is 1.91 bits per heavy atom. The molecule has 0 unspecified atom stereocenters. The van der Waals surface area contributed by atoms with Gasteiger partial charge in [-0.05, 0) is 5.56 Å². The van der Waals surface area contributed by atoms with E-state index >= 15 is 0 Å². The molecule has 23 heavy (non-hydrogen) atoms. The van der Waals surface area contributed by atoms with Crippen LogP contribution in [0.4, 0.5) is 18.0 Å². The van der Waals surface area contributed by atoms with Gasteiger partial charge < -0.3 is 9.84 Å². The second kappa shape index (κ2) is 6.86. The number of ether oxygens (including phenoxy) is 2. The van der Waals surface area contributed by atoms with E-state index in [0.29, 0.717) is 5.56 Å². The molecule has 0 bridgehead atoms. The van der Waals surface area contributed by atoms with Gasteiger partial charge in [0.2, 0.25) is 0 Å². The highest BCUT2D eigenvalue weighted by molar-refractivity contribution is 5.80. The molecule has 1 aliphatic rings. The molecular weight excluding hydrogens is 319 g/mol. The van der Waals surface area contributed by atoms with Gasteiger partial charge in [-0.3, -0.25) is 9.64 Å². The number of carbonyl (C=O) groups excluding carboxylic acids is 1. The molecule has 1 saturated heterocycles. The lowest BCUT2D eigenvalue weighted by Gasteiger charge is -2.20. The smallest absolute Gasteiger partial charge is 0.480 e. The first-order valence-electron chi connectivity index (χ1n) is 6.71. The van der Waals surface area contributed by atoms with Gasteiger partial charge in [-0.25, -0.2) is 9.59 Å². The van der Waals surface area contributed by atoms with Crippen LogP contribution in [0.5, 0.6) is 0 Å². The van der Waals surface area contributed by atoms with Gasteiger partial charge in [-0.1, -0.05) is 30.3 Å². The third-order valence-electron chi connectivity index (χ3n) is 3.29. The van der Waals surface area contributed by atoms with Gasteiger partial charge in [-0.2, -0.15) is 0 Å². The number of rotatable bonds is 4. The third kappa shape index (κ3) is 4.85. The molecule has 126 valence electrons. The van der Waals surface area contributed by atoms with Crippen molar-refractivity contribution in [3.63, 3.8) is 0 Å². The summed E-state index contributed by atoms with van der Waals surface area (Å²) in [6.45, 7) is -0.600. The number of amides is 1. The van der Waals surface area contributed by atoms with E-state index in [0.717, 1.165) is 4.90 Å². The summed E-state index contributed by atoms with van der Waals surface area (Å²) in [6, 6.07) is 7.21. The summed E-state index contributed by atoms with van der Waals surface area (Å²) in [4.78, 5) is 23.8. The maximum Gasteiger partial charge on any atom is 0.522 e. The van der Waals surface area contributed by atoms with E-state index in [1.54, 1.807) is 30.3 Å². The number of carboxylic acid groups (broad SMARTS) is 1. The van der Waals surface area contributed by atoms with Gasteiger partial charge >= 0.3 is 18.4 Å². The van der Waals surface area contributed by atoms with Crippen LogP contribution in [0, 0.1) is 0 Å². The largest absolute Gasteiger partial charge is 0.522 e. The fraction of sp³-hybridized carbons (Fsp3) is 0.429. The third-order valence-corrected chi connectivity index (χ3v) is 3.29. The molecule has 0 aromatic heterocycles. The van der Waals surface area contributed by atoms with E-state index in [4.69, 9.17) is 9.84 Å². The number of carboxylic acids is 1. The Labute approximate surface area is 129 Å². The number of carbonyl (C=O) groups is 2. The summed E-state index contributed by atoms with van der Waals surface area (Å²) in [5.74, 6) is -1.41. The minimum atomic E-state index is -4.89. The molecule has 2 rings (SSSR count). The van der Waals surface area contributed by atoms with E-state index < -0.39 is 43.5 Å². The highest BCUT2D eigenvalue weighted by atomic mass is 19.4. The second-order valence-electron chi connectivity index (χ2n) is 4.97. The molecular formula is C14H14F3NO5. The maximum atomic E-state index is 12.2. The molecule has 1 heterocycles. The lowest BCUT2D eigenvalue weighted by molar-refractivity contribution is -0.340. The minimum absolute atomic E-state index is 0.104. The fourth-order valence-electron chi connectivity index (χ4n) is 2.31. The zero-order valence-electron chi connectivity index (χ0n) is 11.8. The van der Waals surface area contributed by atoms with Crippen molar-refractivity contribution in [2.24, 2.45) is 0 Å². The van der Waals surface area contributed by atoms with Crippen LogP contribution >= 0.6 is 0 Å². The Kier molecular flexibility index (Phi) is 5.09. The Bertz CT molecular complexity index is 563. The number of hydrogen-bond acceptors (Lipinski definition) is 4. The summed E-state index contributed by atoms with van der Waals surface area (Å²) in [5.41, 5.74) is 0.676. The summed E-state index contributed by atoms with van der Waals surface area (Å²) < 4.78 is 45.5. The average Bonchev–Trinajstić information content (AvgIpc) is 2.88. The first-order valence-corrected chi connectivity index (χ1v) is 6.71. The molecule has 1 aromatic carbocycles. The Hall–Kier alpha value is -2.29. The molecule has 9 heteroatoms. The number of halogens is 3. The van der Waals surface area contributed by atoms with Crippen LogP contribution in [-0.2, 0) is 20.9 Å². The molecule has 1 N–H and O–H groups in total. The van der Waals surface area contributed by atoms with Crippen LogP contribution in [0.15, 0.2) is 30.3 Å². The van der Waals surface area contributed by atoms with E-state index in [2.05, 4.69) is 4.74 Å². The Balaban J connectivity index is 1.97. The topological polar surface area (TPSA) is 76.1 Å². The van der Waals surface area contributed by atoms with Crippen LogP contribution in [0.3, 0.4) is 0 Å². The normalized spacial score (nSPS) is 21.3. The molecule has 1 aliphatic heterocycles. The monoisotopic (exact) mass is 333 g/mol. The second-order valence-corrected chi connectivity index (χ2v) is 4.97. The van der Waals surface area contributed by atoms with Crippen LogP contribution in [0.1, 0.15) is 12.0 Å². The molecule has 1 fully saturated rings. The van der Waals surface area contributed by atoms with Crippen molar-refractivity contribution in [3.05, 3.63) is 35.9 Å². The summed E-state index contributed by atoms with van der Waals surface area (Å²) in [5, 5.41) is 9.05. The number of aliphatic carboxylic acids is 1. The summed E-state index contributed by atoms with van der Waals surface area (Å²) >= 11 is 0.